The summed E-state index contributed by atoms with van der Waals surface area (Å²) in [6, 6.07) is 12.3. The highest BCUT2D eigenvalue weighted by molar-refractivity contribution is 5.93. The van der Waals surface area contributed by atoms with E-state index in [1.165, 1.54) is 18.2 Å². The highest BCUT2D eigenvalue weighted by Gasteiger charge is 2.17. The first-order chi connectivity index (χ1) is 9.08. The van der Waals surface area contributed by atoms with Crippen LogP contribution in [-0.4, -0.2) is 10.8 Å². The second kappa shape index (κ2) is 5.18. The van der Waals surface area contributed by atoms with Crippen LogP contribution < -0.4 is 10.5 Å². The number of hydrogen-bond acceptors (Lipinski definition) is 4. The number of carbonyl (C=O) groups excluding carboxylic acids is 1. The summed E-state index contributed by atoms with van der Waals surface area (Å²) in [4.78, 5) is 21.4. The molecule has 0 heterocycles. The Labute approximate surface area is 108 Å². The number of para-hydroxylation sites is 1. The van der Waals surface area contributed by atoms with Crippen LogP contribution in [-0.2, 0) is 0 Å². The molecule has 1 amide bonds. The molecule has 0 fully saturated rings. The van der Waals surface area contributed by atoms with Gasteiger partial charge in [-0.05, 0) is 18.2 Å². The lowest BCUT2D eigenvalue weighted by atomic mass is 10.2. The fraction of sp³-hybridized carbons (Fsp3) is 0. The number of primary amides is 1. The number of nitro benzene ring substituents is 1. The normalized spacial score (nSPS) is 9.89. The summed E-state index contributed by atoms with van der Waals surface area (Å²) in [5.41, 5.74) is 5.06. The van der Waals surface area contributed by atoms with Crippen molar-refractivity contribution in [1.29, 1.82) is 0 Å². The molecule has 6 nitrogen and oxygen atoms in total. The van der Waals surface area contributed by atoms with Crippen LogP contribution in [0, 0.1) is 10.1 Å². The molecule has 0 aliphatic rings. The number of benzene rings is 2. The maximum atomic E-state index is 11.1. The van der Waals surface area contributed by atoms with E-state index in [2.05, 4.69) is 0 Å². The number of ether oxygens (including phenoxy) is 1. The van der Waals surface area contributed by atoms with Crippen molar-refractivity contribution in [3.05, 3.63) is 64.2 Å². The van der Waals surface area contributed by atoms with Gasteiger partial charge in [0.2, 0.25) is 11.7 Å². The first kappa shape index (κ1) is 12.6. The van der Waals surface area contributed by atoms with Crippen LogP contribution in [0.25, 0.3) is 0 Å². The topological polar surface area (TPSA) is 95.5 Å². The second-order valence-corrected chi connectivity index (χ2v) is 3.72. The Hall–Kier alpha value is -2.89. The lowest BCUT2D eigenvalue weighted by Crippen LogP contribution is -2.11. The zero-order chi connectivity index (χ0) is 13.8. The molecule has 0 aromatic heterocycles. The Morgan fingerprint density at radius 3 is 2.42 bits per heavy atom. The summed E-state index contributed by atoms with van der Waals surface area (Å²) >= 11 is 0. The van der Waals surface area contributed by atoms with E-state index in [-0.39, 0.29) is 17.0 Å². The minimum Gasteiger partial charge on any atom is -0.450 e. The van der Waals surface area contributed by atoms with Crippen molar-refractivity contribution in [2.45, 2.75) is 0 Å². The zero-order valence-corrected chi connectivity index (χ0v) is 9.78. The van der Waals surface area contributed by atoms with Crippen LogP contribution in [0.5, 0.6) is 11.5 Å². The van der Waals surface area contributed by atoms with Gasteiger partial charge in [-0.3, -0.25) is 14.9 Å². The van der Waals surface area contributed by atoms with Gasteiger partial charge in [0, 0.05) is 17.7 Å². The number of nitro groups is 1. The van der Waals surface area contributed by atoms with Crippen LogP contribution in [0.1, 0.15) is 10.4 Å². The molecule has 0 aliphatic heterocycles. The van der Waals surface area contributed by atoms with E-state index in [1.54, 1.807) is 30.3 Å². The average molecular weight is 258 g/mol. The Balaban J connectivity index is 2.43. The standard InChI is InChI=1S/C13H10N2O4/c14-13(16)9-6-7-11(15(17)18)12(8-9)19-10-4-2-1-3-5-10/h1-8H,(H2,14,16). The molecule has 2 aromatic rings. The molecule has 6 heteroatoms. The van der Waals surface area contributed by atoms with Crippen molar-refractivity contribution >= 4 is 11.6 Å². The first-order valence-corrected chi connectivity index (χ1v) is 5.39. The van der Waals surface area contributed by atoms with Crippen LogP contribution >= 0.6 is 0 Å². The third-order valence-electron chi connectivity index (χ3n) is 2.41. The molecule has 0 atom stereocenters. The van der Waals surface area contributed by atoms with Gasteiger partial charge in [0.05, 0.1) is 4.92 Å². The molecule has 0 aliphatic carbocycles. The van der Waals surface area contributed by atoms with Crippen LogP contribution in [0.2, 0.25) is 0 Å². The summed E-state index contributed by atoms with van der Waals surface area (Å²) in [6.45, 7) is 0. The molecule has 0 saturated carbocycles. The highest BCUT2D eigenvalue weighted by atomic mass is 16.6. The lowest BCUT2D eigenvalue weighted by molar-refractivity contribution is -0.385. The van der Waals surface area contributed by atoms with Crippen LogP contribution in [0.4, 0.5) is 5.69 Å². The minimum atomic E-state index is -0.673. The summed E-state index contributed by atoms with van der Waals surface area (Å²) in [5.74, 6) is -0.257. The lowest BCUT2D eigenvalue weighted by Gasteiger charge is -2.07. The van der Waals surface area contributed by atoms with Gasteiger partial charge in [-0.25, -0.2) is 0 Å². The number of carbonyl (C=O) groups is 1. The molecule has 2 N–H and O–H groups in total. The van der Waals surface area contributed by atoms with E-state index in [0.717, 1.165) is 0 Å². The van der Waals surface area contributed by atoms with Gasteiger partial charge in [0.25, 0.3) is 0 Å². The van der Waals surface area contributed by atoms with Gasteiger partial charge in [-0.1, -0.05) is 18.2 Å². The summed E-state index contributed by atoms with van der Waals surface area (Å²) < 4.78 is 5.41. The van der Waals surface area contributed by atoms with E-state index >= 15 is 0 Å². The number of nitrogens with two attached hydrogens (primary N) is 1. The van der Waals surface area contributed by atoms with E-state index < -0.39 is 10.8 Å². The van der Waals surface area contributed by atoms with Gasteiger partial charge in [0.15, 0.2) is 0 Å². The molecule has 0 bridgehead atoms. The summed E-state index contributed by atoms with van der Waals surface area (Å²) in [5, 5.41) is 10.9. The van der Waals surface area contributed by atoms with Gasteiger partial charge < -0.3 is 10.5 Å². The van der Waals surface area contributed by atoms with Crippen molar-refractivity contribution in [2.24, 2.45) is 5.73 Å². The Morgan fingerprint density at radius 1 is 1.16 bits per heavy atom. The smallest absolute Gasteiger partial charge is 0.311 e. The molecule has 0 spiro atoms. The number of amides is 1. The van der Waals surface area contributed by atoms with Gasteiger partial charge >= 0.3 is 5.69 Å². The average Bonchev–Trinajstić information content (AvgIpc) is 2.39. The maximum absolute atomic E-state index is 11.1. The van der Waals surface area contributed by atoms with Crippen LogP contribution in [0.3, 0.4) is 0 Å². The van der Waals surface area contributed by atoms with E-state index in [9.17, 15) is 14.9 Å². The van der Waals surface area contributed by atoms with Gasteiger partial charge in [0.1, 0.15) is 5.75 Å². The first-order valence-electron chi connectivity index (χ1n) is 5.39. The Kier molecular flexibility index (Phi) is 3.42. The second-order valence-electron chi connectivity index (χ2n) is 3.72. The van der Waals surface area contributed by atoms with Gasteiger partial charge in [-0.2, -0.15) is 0 Å². The summed E-state index contributed by atoms with van der Waals surface area (Å²) in [6.07, 6.45) is 0. The third-order valence-corrected chi connectivity index (χ3v) is 2.41. The fourth-order valence-corrected chi connectivity index (χ4v) is 1.52. The molecule has 0 unspecified atom stereocenters. The molecule has 2 aromatic carbocycles. The molecule has 19 heavy (non-hydrogen) atoms. The fourth-order valence-electron chi connectivity index (χ4n) is 1.52. The molecule has 2 rings (SSSR count). The van der Waals surface area contributed by atoms with Gasteiger partial charge in [-0.15, -0.1) is 0 Å². The molecular formula is C13H10N2O4. The SMILES string of the molecule is NC(=O)c1ccc([N+](=O)[O-])c(Oc2ccccc2)c1. The monoisotopic (exact) mass is 258 g/mol. The van der Waals surface area contributed by atoms with Crippen LogP contribution in [0.15, 0.2) is 48.5 Å². The van der Waals surface area contributed by atoms with Crippen molar-refractivity contribution in [3.63, 3.8) is 0 Å². The van der Waals surface area contributed by atoms with E-state index in [1.807, 2.05) is 0 Å². The predicted molar refractivity (Wildman–Crippen MR) is 68.1 cm³/mol. The van der Waals surface area contributed by atoms with Crippen molar-refractivity contribution in [2.75, 3.05) is 0 Å². The predicted octanol–water partition coefficient (Wildman–Crippen LogP) is 2.49. The highest BCUT2D eigenvalue weighted by Crippen LogP contribution is 2.31. The number of rotatable bonds is 4. The van der Waals surface area contributed by atoms with E-state index in [0.29, 0.717) is 5.75 Å². The molecule has 0 radical (unpaired) electrons. The quantitative estimate of drug-likeness (QED) is 0.673. The Morgan fingerprint density at radius 2 is 1.84 bits per heavy atom. The number of hydrogen-bond donors (Lipinski definition) is 1. The van der Waals surface area contributed by atoms with E-state index in [4.69, 9.17) is 10.5 Å². The minimum absolute atomic E-state index is 0.0208. The number of nitrogens with zero attached hydrogens (tertiary/aromatic N) is 1. The van der Waals surface area contributed by atoms with Crippen molar-refractivity contribution in [1.82, 2.24) is 0 Å². The zero-order valence-electron chi connectivity index (χ0n) is 9.78. The van der Waals surface area contributed by atoms with Crippen molar-refractivity contribution < 1.29 is 14.5 Å². The maximum Gasteiger partial charge on any atom is 0.311 e. The largest absolute Gasteiger partial charge is 0.450 e. The Bertz CT molecular complexity index is 626. The molecule has 0 saturated heterocycles. The molecular weight excluding hydrogens is 248 g/mol. The third kappa shape index (κ3) is 2.86. The molecule has 96 valence electrons. The summed E-state index contributed by atoms with van der Waals surface area (Å²) in [7, 11) is 0. The van der Waals surface area contributed by atoms with Crippen molar-refractivity contribution in [3.8, 4) is 11.5 Å².